The van der Waals surface area contributed by atoms with Crippen molar-refractivity contribution in [1.29, 1.82) is 0 Å². The molecule has 86 valence electrons. The lowest BCUT2D eigenvalue weighted by Crippen LogP contribution is -2.19. The molecule has 5 nitrogen and oxygen atoms in total. The second-order valence-corrected chi connectivity index (χ2v) is 3.73. The number of aromatic carboxylic acids is 1. The fraction of sp³-hybridized carbons (Fsp3) is 0.455. The summed E-state index contributed by atoms with van der Waals surface area (Å²) in [7, 11) is 0. The first kappa shape index (κ1) is 10.9. The summed E-state index contributed by atoms with van der Waals surface area (Å²) in [4.78, 5) is 14.7. The lowest BCUT2D eigenvalue weighted by molar-refractivity contribution is 0.0690. The zero-order chi connectivity index (χ0) is 11.4. The van der Waals surface area contributed by atoms with E-state index in [0.717, 1.165) is 19.4 Å². The Balaban J connectivity index is 1.93. The number of hydrogen-bond acceptors (Lipinski definition) is 4. The Morgan fingerprint density at radius 1 is 1.62 bits per heavy atom. The van der Waals surface area contributed by atoms with Gasteiger partial charge in [-0.25, -0.2) is 9.78 Å². The number of carbonyl (C=O) groups is 1. The molecule has 0 aliphatic carbocycles. The van der Waals surface area contributed by atoms with Crippen LogP contribution in [0.2, 0.25) is 0 Å². The number of hydrogen-bond donors (Lipinski definition) is 2. The summed E-state index contributed by atoms with van der Waals surface area (Å²) in [5, 5.41) is 11.9. The van der Waals surface area contributed by atoms with Crippen LogP contribution in [0.5, 0.6) is 0 Å². The van der Waals surface area contributed by atoms with Gasteiger partial charge in [0.15, 0.2) is 5.69 Å². The van der Waals surface area contributed by atoms with Crippen molar-refractivity contribution in [1.82, 2.24) is 4.98 Å². The zero-order valence-corrected chi connectivity index (χ0v) is 8.85. The molecule has 0 aromatic carbocycles. The summed E-state index contributed by atoms with van der Waals surface area (Å²) in [5.74, 6) is -0.434. The number of carboxylic acids is 1. The second-order valence-electron chi connectivity index (χ2n) is 3.73. The van der Waals surface area contributed by atoms with Gasteiger partial charge >= 0.3 is 5.97 Å². The van der Waals surface area contributed by atoms with E-state index in [2.05, 4.69) is 10.3 Å². The van der Waals surface area contributed by atoms with Crippen LogP contribution in [-0.2, 0) is 4.74 Å². The summed E-state index contributed by atoms with van der Waals surface area (Å²) in [6, 6.07) is 4.90. The van der Waals surface area contributed by atoms with Crippen LogP contribution in [0.4, 0.5) is 5.82 Å². The van der Waals surface area contributed by atoms with E-state index in [1.54, 1.807) is 12.1 Å². The van der Waals surface area contributed by atoms with Crippen LogP contribution >= 0.6 is 0 Å². The largest absolute Gasteiger partial charge is 0.477 e. The van der Waals surface area contributed by atoms with Gasteiger partial charge in [-0.3, -0.25) is 0 Å². The van der Waals surface area contributed by atoms with Crippen LogP contribution in [0.15, 0.2) is 18.2 Å². The molecule has 1 aromatic heterocycles. The first-order valence-electron chi connectivity index (χ1n) is 5.31. The third-order valence-electron chi connectivity index (χ3n) is 2.50. The second kappa shape index (κ2) is 4.94. The van der Waals surface area contributed by atoms with E-state index < -0.39 is 5.97 Å². The maximum Gasteiger partial charge on any atom is 0.354 e. The molecule has 1 atom stereocenters. The maximum atomic E-state index is 10.7. The Hall–Kier alpha value is -1.62. The molecule has 16 heavy (non-hydrogen) atoms. The predicted octanol–water partition coefficient (Wildman–Crippen LogP) is 1.37. The quantitative estimate of drug-likeness (QED) is 0.805. The van der Waals surface area contributed by atoms with Crippen molar-refractivity contribution < 1.29 is 14.6 Å². The number of rotatable bonds is 4. The van der Waals surface area contributed by atoms with Crippen molar-refractivity contribution in [2.45, 2.75) is 18.9 Å². The molecule has 1 aliphatic rings. The minimum absolute atomic E-state index is 0.0531. The average molecular weight is 222 g/mol. The maximum absolute atomic E-state index is 10.7. The highest BCUT2D eigenvalue weighted by atomic mass is 16.5. The SMILES string of the molecule is O=C(O)c1cccc(NCC2CCCO2)n1. The molecule has 1 unspecified atom stereocenters. The monoisotopic (exact) mass is 222 g/mol. The third-order valence-corrected chi connectivity index (χ3v) is 2.50. The third kappa shape index (κ3) is 2.70. The first-order valence-corrected chi connectivity index (χ1v) is 5.31. The number of pyridine rings is 1. The smallest absolute Gasteiger partial charge is 0.354 e. The average Bonchev–Trinajstić information content (AvgIpc) is 2.79. The van der Waals surface area contributed by atoms with Crippen molar-refractivity contribution >= 4 is 11.8 Å². The van der Waals surface area contributed by atoms with Gasteiger partial charge in [0, 0.05) is 13.2 Å². The number of nitrogens with one attached hydrogen (secondary N) is 1. The van der Waals surface area contributed by atoms with Crippen LogP contribution in [0, 0.1) is 0 Å². The lowest BCUT2D eigenvalue weighted by atomic mass is 10.2. The van der Waals surface area contributed by atoms with E-state index in [9.17, 15) is 4.79 Å². The molecule has 5 heteroatoms. The Bertz CT molecular complexity index is 375. The standard InChI is InChI=1S/C11H14N2O3/c14-11(15)9-4-1-5-10(13-9)12-7-8-3-2-6-16-8/h1,4-5,8H,2-3,6-7H2,(H,12,13)(H,14,15). The minimum Gasteiger partial charge on any atom is -0.477 e. The topological polar surface area (TPSA) is 71.5 Å². The van der Waals surface area contributed by atoms with Gasteiger partial charge in [0.2, 0.25) is 0 Å². The first-order chi connectivity index (χ1) is 7.75. The van der Waals surface area contributed by atoms with E-state index in [1.165, 1.54) is 6.07 Å². The van der Waals surface area contributed by atoms with Crippen molar-refractivity contribution in [2.24, 2.45) is 0 Å². The molecule has 1 fully saturated rings. The fourth-order valence-corrected chi connectivity index (χ4v) is 1.68. The Labute approximate surface area is 93.5 Å². The van der Waals surface area contributed by atoms with Crippen molar-refractivity contribution in [3.05, 3.63) is 23.9 Å². The Morgan fingerprint density at radius 3 is 3.19 bits per heavy atom. The zero-order valence-electron chi connectivity index (χ0n) is 8.85. The summed E-state index contributed by atoms with van der Waals surface area (Å²) in [6.45, 7) is 1.49. The van der Waals surface area contributed by atoms with Crippen molar-refractivity contribution in [3.8, 4) is 0 Å². The normalized spacial score (nSPS) is 19.6. The highest BCUT2D eigenvalue weighted by Gasteiger charge is 2.15. The van der Waals surface area contributed by atoms with E-state index in [0.29, 0.717) is 12.4 Å². The number of aromatic nitrogens is 1. The van der Waals surface area contributed by atoms with Crippen molar-refractivity contribution in [3.63, 3.8) is 0 Å². The van der Waals surface area contributed by atoms with Crippen LogP contribution in [-0.4, -0.2) is 35.3 Å². The molecule has 1 aromatic rings. The number of nitrogens with zero attached hydrogens (tertiary/aromatic N) is 1. The summed E-state index contributed by atoms with van der Waals surface area (Å²) in [6.07, 6.45) is 2.36. The summed E-state index contributed by atoms with van der Waals surface area (Å²) >= 11 is 0. The van der Waals surface area contributed by atoms with Crippen LogP contribution in [0.1, 0.15) is 23.3 Å². The highest BCUT2D eigenvalue weighted by molar-refractivity contribution is 5.85. The van der Waals surface area contributed by atoms with Gasteiger partial charge in [0.1, 0.15) is 5.82 Å². The Kier molecular flexibility index (Phi) is 3.36. The molecule has 2 heterocycles. The molecule has 1 aliphatic heterocycles. The van der Waals surface area contributed by atoms with Gasteiger partial charge in [-0.15, -0.1) is 0 Å². The molecule has 0 amide bonds. The predicted molar refractivity (Wildman–Crippen MR) is 58.7 cm³/mol. The van der Waals surface area contributed by atoms with Gasteiger partial charge < -0.3 is 15.2 Å². The molecular weight excluding hydrogens is 208 g/mol. The molecule has 2 N–H and O–H groups in total. The summed E-state index contributed by atoms with van der Waals surface area (Å²) in [5.41, 5.74) is 0.0531. The van der Waals surface area contributed by atoms with Crippen LogP contribution in [0.3, 0.4) is 0 Å². The minimum atomic E-state index is -1.01. The lowest BCUT2D eigenvalue weighted by Gasteiger charge is -2.11. The summed E-state index contributed by atoms with van der Waals surface area (Å²) < 4.78 is 5.45. The fourth-order valence-electron chi connectivity index (χ4n) is 1.68. The van der Waals surface area contributed by atoms with E-state index >= 15 is 0 Å². The number of ether oxygens (including phenoxy) is 1. The number of anilines is 1. The van der Waals surface area contributed by atoms with E-state index in [4.69, 9.17) is 9.84 Å². The van der Waals surface area contributed by atoms with Gasteiger partial charge in [-0.2, -0.15) is 0 Å². The van der Waals surface area contributed by atoms with E-state index in [-0.39, 0.29) is 11.8 Å². The molecule has 0 radical (unpaired) electrons. The van der Waals surface area contributed by atoms with Crippen LogP contribution < -0.4 is 5.32 Å². The van der Waals surface area contributed by atoms with Gasteiger partial charge in [0.05, 0.1) is 6.10 Å². The van der Waals surface area contributed by atoms with Gasteiger partial charge in [-0.05, 0) is 25.0 Å². The molecule has 0 saturated carbocycles. The molecule has 1 saturated heterocycles. The highest BCUT2D eigenvalue weighted by Crippen LogP contribution is 2.13. The molecule has 0 bridgehead atoms. The number of carboxylic acid groups (broad SMARTS) is 1. The molecule has 0 spiro atoms. The van der Waals surface area contributed by atoms with Gasteiger partial charge in [-0.1, -0.05) is 6.07 Å². The molecular formula is C11H14N2O3. The van der Waals surface area contributed by atoms with Gasteiger partial charge in [0.25, 0.3) is 0 Å². The Morgan fingerprint density at radius 2 is 2.50 bits per heavy atom. The van der Waals surface area contributed by atoms with Crippen LogP contribution in [0.25, 0.3) is 0 Å². The molecule has 2 rings (SSSR count). The van der Waals surface area contributed by atoms with Crippen molar-refractivity contribution in [2.75, 3.05) is 18.5 Å². The van der Waals surface area contributed by atoms with E-state index in [1.807, 2.05) is 0 Å².